The quantitative estimate of drug-likeness (QED) is 0.663. The van der Waals surface area contributed by atoms with Gasteiger partial charge in [-0.25, -0.2) is 0 Å². The normalized spacial score (nSPS) is 12.1. The van der Waals surface area contributed by atoms with Crippen molar-refractivity contribution in [3.05, 3.63) is 18.2 Å². The first-order valence-corrected chi connectivity index (χ1v) is 6.61. The van der Waals surface area contributed by atoms with Gasteiger partial charge in [0.05, 0.1) is 11.8 Å². The molecular weight excluding hydrogens is 260 g/mol. The maximum atomic E-state index is 11.7. The number of carbonyl (C=O) groups is 2. The Morgan fingerprint density at radius 1 is 1.15 bits per heavy atom. The number of rotatable bonds is 5. The number of hydrogen-bond donors (Lipinski definition) is 1. The molecule has 20 heavy (non-hydrogen) atoms. The van der Waals surface area contributed by atoms with Crippen molar-refractivity contribution in [2.45, 2.75) is 34.1 Å². The molecule has 0 amide bonds. The Morgan fingerprint density at radius 2 is 1.80 bits per heavy atom. The summed E-state index contributed by atoms with van der Waals surface area (Å²) in [4.78, 5) is 23.2. The molecule has 0 spiro atoms. The third-order valence-electron chi connectivity index (χ3n) is 2.85. The summed E-state index contributed by atoms with van der Waals surface area (Å²) in [6.07, 6.45) is 0.640. The molecule has 5 nitrogen and oxygen atoms in total. The van der Waals surface area contributed by atoms with Crippen molar-refractivity contribution in [2.24, 2.45) is 11.8 Å². The fourth-order valence-corrected chi connectivity index (χ4v) is 1.25. The molecule has 0 radical (unpaired) electrons. The molecule has 0 aliphatic rings. The van der Waals surface area contributed by atoms with E-state index in [1.54, 1.807) is 20.8 Å². The van der Waals surface area contributed by atoms with Gasteiger partial charge < -0.3 is 14.6 Å². The minimum absolute atomic E-state index is 0.00986. The molecule has 1 aromatic rings. The lowest BCUT2D eigenvalue weighted by molar-refractivity contribution is -0.138. The zero-order chi connectivity index (χ0) is 15.3. The van der Waals surface area contributed by atoms with Crippen LogP contribution in [0.5, 0.6) is 17.2 Å². The second-order valence-corrected chi connectivity index (χ2v) is 4.94. The third-order valence-corrected chi connectivity index (χ3v) is 2.85. The second-order valence-electron chi connectivity index (χ2n) is 4.94. The van der Waals surface area contributed by atoms with E-state index in [-0.39, 0.29) is 29.1 Å². The number of phenolic OH excluding ortho intramolecular Hbond substituents is 1. The molecule has 0 bridgehead atoms. The lowest BCUT2D eigenvalue weighted by atomic mass is 10.1. The van der Waals surface area contributed by atoms with Crippen LogP contribution in [-0.4, -0.2) is 17.0 Å². The van der Waals surface area contributed by atoms with Crippen LogP contribution in [0.25, 0.3) is 0 Å². The van der Waals surface area contributed by atoms with E-state index < -0.39 is 11.9 Å². The lowest BCUT2D eigenvalue weighted by Gasteiger charge is -2.12. The molecule has 1 rings (SSSR count). The van der Waals surface area contributed by atoms with E-state index in [4.69, 9.17) is 9.47 Å². The molecule has 0 heterocycles. The van der Waals surface area contributed by atoms with E-state index in [1.807, 2.05) is 6.92 Å². The molecule has 1 aromatic carbocycles. The number of esters is 2. The predicted octanol–water partition coefficient (Wildman–Crippen LogP) is 2.91. The number of benzene rings is 1. The van der Waals surface area contributed by atoms with Crippen molar-refractivity contribution < 1.29 is 24.2 Å². The summed E-state index contributed by atoms with van der Waals surface area (Å²) >= 11 is 0. The van der Waals surface area contributed by atoms with Crippen LogP contribution in [-0.2, 0) is 9.59 Å². The summed E-state index contributed by atoms with van der Waals surface area (Å²) < 4.78 is 10.2. The van der Waals surface area contributed by atoms with Gasteiger partial charge in [0, 0.05) is 6.07 Å². The monoisotopic (exact) mass is 280 g/mol. The van der Waals surface area contributed by atoms with Crippen molar-refractivity contribution in [1.82, 2.24) is 0 Å². The highest BCUT2D eigenvalue weighted by Crippen LogP contribution is 2.31. The molecule has 0 aliphatic heterocycles. The van der Waals surface area contributed by atoms with Crippen LogP contribution in [0, 0.1) is 11.8 Å². The summed E-state index contributed by atoms with van der Waals surface area (Å²) in [5, 5.41) is 9.66. The summed E-state index contributed by atoms with van der Waals surface area (Å²) in [7, 11) is 0. The van der Waals surface area contributed by atoms with Crippen LogP contribution in [0.2, 0.25) is 0 Å². The van der Waals surface area contributed by atoms with Gasteiger partial charge in [0.15, 0.2) is 11.5 Å². The van der Waals surface area contributed by atoms with Crippen molar-refractivity contribution >= 4 is 11.9 Å². The molecule has 1 unspecified atom stereocenters. The SMILES string of the molecule is CCC(C)C(=O)Oc1cc(OC(=O)C(C)C)ccc1O. The Labute approximate surface area is 118 Å². The molecular formula is C15H20O5. The average molecular weight is 280 g/mol. The van der Waals surface area contributed by atoms with Gasteiger partial charge >= 0.3 is 11.9 Å². The van der Waals surface area contributed by atoms with Gasteiger partial charge in [-0.15, -0.1) is 0 Å². The highest BCUT2D eigenvalue weighted by molar-refractivity contribution is 5.76. The van der Waals surface area contributed by atoms with E-state index in [0.717, 1.165) is 0 Å². The van der Waals surface area contributed by atoms with Crippen LogP contribution in [0.4, 0.5) is 0 Å². The molecule has 1 atom stereocenters. The summed E-state index contributed by atoms with van der Waals surface area (Å²) in [5.74, 6) is -1.32. The smallest absolute Gasteiger partial charge is 0.314 e. The van der Waals surface area contributed by atoms with Gasteiger partial charge in [0.25, 0.3) is 0 Å². The van der Waals surface area contributed by atoms with Crippen molar-refractivity contribution in [3.8, 4) is 17.2 Å². The molecule has 0 aromatic heterocycles. The molecule has 1 N–H and O–H groups in total. The molecule has 0 saturated heterocycles. The highest BCUT2D eigenvalue weighted by Gasteiger charge is 2.17. The topological polar surface area (TPSA) is 72.8 Å². The van der Waals surface area contributed by atoms with Crippen LogP contribution >= 0.6 is 0 Å². The molecule has 0 aliphatic carbocycles. The number of hydrogen-bond acceptors (Lipinski definition) is 5. The minimum atomic E-state index is -0.435. The summed E-state index contributed by atoms with van der Waals surface area (Å²) in [5.41, 5.74) is 0. The Balaban J connectivity index is 2.86. The van der Waals surface area contributed by atoms with Crippen LogP contribution in [0.15, 0.2) is 18.2 Å². The molecule has 0 fully saturated rings. The van der Waals surface area contributed by atoms with E-state index >= 15 is 0 Å². The summed E-state index contributed by atoms with van der Waals surface area (Å²) in [6.45, 7) is 7.04. The maximum absolute atomic E-state index is 11.7. The first-order chi connectivity index (χ1) is 9.35. The second kappa shape index (κ2) is 6.93. The minimum Gasteiger partial charge on any atom is -0.504 e. The van der Waals surface area contributed by atoms with E-state index in [1.165, 1.54) is 18.2 Å². The zero-order valence-electron chi connectivity index (χ0n) is 12.2. The number of phenols is 1. The van der Waals surface area contributed by atoms with Crippen LogP contribution in [0.3, 0.4) is 0 Å². The maximum Gasteiger partial charge on any atom is 0.314 e. The Hall–Kier alpha value is -2.04. The van der Waals surface area contributed by atoms with Crippen molar-refractivity contribution in [1.29, 1.82) is 0 Å². The Morgan fingerprint density at radius 3 is 2.35 bits per heavy atom. The zero-order valence-corrected chi connectivity index (χ0v) is 12.2. The van der Waals surface area contributed by atoms with Gasteiger partial charge in [-0.3, -0.25) is 9.59 Å². The van der Waals surface area contributed by atoms with Gasteiger partial charge in [-0.1, -0.05) is 27.7 Å². The van der Waals surface area contributed by atoms with Gasteiger partial charge in [-0.05, 0) is 18.6 Å². The predicted molar refractivity (Wildman–Crippen MR) is 73.7 cm³/mol. The fraction of sp³-hybridized carbons (Fsp3) is 0.467. The Bertz CT molecular complexity index is 493. The number of aromatic hydroxyl groups is 1. The van der Waals surface area contributed by atoms with Crippen LogP contribution in [0.1, 0.15) is 34.1 Å². The Kier molecular flexibility index (Phi) is 5.55. The standard InChI is InChI=1S/C15H20O5/c1-5-10(4)15(18)20-13-8-11(6-7-12(13)16)19-14(17)9(2)3/h6-10,16H,5H2,1-4H3. The average Bonchev–Trinajstić information content (AvgIpc) is 2.41. The van der Waals surface area contributed by atoms with Crippen molar-refractivity contribution in [3.63, 3.8) is 0 Å². The first-order valence-electron chi connectivity index (χ1n) is 6.61. The van der Waals surface area contributed by atoms with Gasteiger partial charge in [-0.2, -0.15) is 0 Å². The van der Waals surface area contributed by atoms with E-state index in [9.17, 15) is 14.7 Å². The van der Waals surface area contributed by atoms with E-state index in [2.05, 4.69) is 0 Å². The molecule has 110 valence electrons. The number of ether oxygens (including phenoxy) is 2. The van der Waals surface area contributed by atoms with Crippen molar-refractivity contribution in [2.75, 3.05) is 0 Å². The largest absolute Gasteiger partial charge is 0.504 e. The molecule has 0 saturated carbocycles. The number of carbonyl (C=O) groups excluding carboxylic acids is 2. The fourth-order valence-electron chi connectivity index (χ4n) is 1.25. The van der Waals surface area contributed by atoms with Gasteiger partial charge in [0.1, 0.15) is 5.75 Å². The first kappa shape index (κ1) is 16.0. The van der Waals surface area contributed by atoms with Gasteiger partial charge in [0.2, 0.25) is 0 Å². The van der Waals surface area contributed by atoms with Crippen LogP contribution < -0.4 is 9.47 Å². The third kappa shape index (κ3) is 4.26. The highest BCUT2D eigenvalue weighted by atomic mass is 16.6. The summed E-state index contributed by atoms with van der Waals surface area (Å²) in [6, 6.07) is 4.09. The lowest BCUT2D eigenvalue weighted by Crippen LogP contribution is -2.17. The molecule has 5 heteroatoms. The van der Waals surface area contributed by atoms with E-state index in [0.29, 0.717) is 6.42 Å².